The van der Waals surface area contributed by atoms with Crippen molar-refractivity contribution in [3.63, 3.8) is 0 Å². The Bertz CT molecular complexity index is 885. The number of hydrogen-bond acceptors (Lipinski definition) is 3. The van der Waals surface area contributed by atoms with E-state index in [9.17, 15) is 4.79 Å². The van der Waals surface area contributed by atoms with Crippen LogP contribution in [0.1, 0.15) is 68.9 Å². The zero-order chi connectivity index (χ0) is 20.3. The second kappa shape index (κ2) is 8.85. The highest BCUT2D eigenvalue weighted by Gasteiger charge is 2.23. The van der Waals surface area contributed by atoms with E-state index in [0.717, 1.165) is 72.6 Å². The molecule has 4 heteroatoms. The van der Waals surface area contributed by atoms with Gasteiger partial charge in [-0.2, -0.15) is 0 Å². The van der Waals surface area contributed by atoms with Crippen LogP contribution < -0.4 is 4.74 Å². The number of benzene rings is 1. The number of nitrogens with zero attached hydrogens (tertiary/aromatic N) is 1. The average molecular weight is 384 g/mol. The maximum atomic E-state index is 12.8. The van der Waals surface area contributed by atoms with Crippen LogP contribution in [0.5, 0.6) is 5.75 Å². The number of carbonyl (C=O) groups is 1. The van der Waals surface area contributed by atoms with Gasteiger partial charge in [0.25, 0.3) is 0 Å². The van der Waals surface area contributed by atoms with Crippen LogP contribution in [0.3, 0.4) is 0 Å². The molecule has 0 aliphatic heterocycles. The summed E-state index contributed by atoms with van der Waals surface area (Å²) in [4.78, 5) is 14.8. The molecule has 3 rings (SSSR count). The number of fused-ring (bicyclic) bond motifs is 3. The van der Waals surface area contributed by atoms with Gasteiger partial charge in [-0.15, -0.1) is 0 Å². The van der Waals surface area contributed by atoms with Crippen molar-refractivity contribution in [2.45, 2.75) is 66.2 Å². The summed E-state index contributed by atoms with van der Waals surface area (Å²) in [5.41, 5.74) is 5.22. The van der Waals surface area contributed by atoms with Crippen LogP contribution in [-0.4, -0.2) is 31.0 Å². The van der Waals surface area contributed by atoms with Crippen LogP contribution in [0.4, 0.5) is 0 Å². The van der Waals surface area contributed by atoms with Crippen molar-refractivity contribution >= 4 is 22.4 Å². The summed E-state index contributed by atoms with van der Waals surface area (Å²) in [7, 11) is 1.69. The molecule has 0 saturated heterocycles. The average Bonchev–Trinajstić information content (AvgIpc) is 3.06. The molecular formula is C24H33NO3. The Labute approximate surface area is 168 Å². The van der Waals surface area contributed by atoms with Gasteiger partial charge >= 0.3 is 0 Å². The Morgan fingerprint density at radius 1 is 1.21 bits per heavy atom. The van der Waals surface area contributed by atoms with Crippen molar-refractivity contribution in [2.75, 3.05) is 20.2 Å². The first-order valence-electron chi connectivity index (χ1n) is 10.6. The maximum Gasteiger partial charge on any atom is 0.246 e. The Kier molecular flexibility index (Phi) is 6.48. The Morgan fingerprint density at radius 3 is 2.54 bits per heavy atom. The van der Waals surface area contributed by atoms with Crippen LogP contribution in [0.25, 0.3) is 16.5 Å². The summed E-state index contributed by atoms with van der Waals surface area (Å²) >= 11 is 0. The van der Waals surface area contributed by atoms with Crippen LogP contribution in [0.15, 0.2) is 16.6 Å². The molecule has 0 bridgehead atoms. The molecule has 0 unspecified atom stereocenters. The van der Waals surface area contributed by atoms with Gasteiger partial charge in [0.1, 0.15) is 17.1 Å². The Balaban J connectivity index is 2.06. The largest absolute Gasteiger partial charge is 0.496 e. The fraction of sp³-hybridized carbons (Fsp3) is 0.542. The number of aryl methyl sites for hydroxylation is 3. The molecular weight excluding hydrogens is 350 g/mol. The molecule has 0 N–H and O–H groups in total. The maximum absolute atomic E-state index is 12.8. The number of amides is 1. The van der Waals surface area contributed by atoms with Crippen molar-refractivity contribution in [3.8, 4) is 5.75 Å². The summed E-state index contributed by atoms with van der Waals surface area (Å²) < 4.78 is 12.0. The van der Waals surface area contributed by atoms with Crippen molar-refractivity contribution in [1.29, 1.82) is 0 Å². The Morgan fingerprint density at radius 2 is 1.89 bits per heavy atom. The molecule has 0 saturated carbocycles. The minimum Gasteiger partial charge on any atom is -0.496 e. The Hall–Kier alpha value is -2.23. The first-order valence-corrected chi connectivity index (χ1v) is 10.6. The third kappa shape index (κ3) is 3.82. The van der Waals surface area contributed by atoms with E-state index in [2.05, 4.69) is 26.8 Å². The molecule has 1 amide bonds. The molecule has 1 aliphatic carbocycles. The number of hydrogen-bond donors (Lipinski definition) is 0. The second-order valence-electron chi connectivity index (χ2n) is 7.82. The highest BCUT2D eigenvalue weighted by atomic mass is 16.5. The number of carbonyl (C=O) groups excluding carboxylic acids is 1. The minimum atomic E-state index is 0.0789. The monoisotopic (exact) mass is 383 g/mol. The number of furan rings is 1. The summed E-state index contributed by atoms with van der Waals surface area (Å²) in [5.74, 6) is 2.01. The SMILES string of the molecule is CCCN(CCC)C(=O)/C=C(\C)c1cc2c3c(oc2c(C)c1OC)CCCC3. The van der Waals surface area contributed by atoms with Crippen LogP contribution in [0.2, 0.25) is 0 Å². The van der Waals surface area contributed by atoms with Gasteiger partial charge in [-0.1, -0.05) is 13.8 Å². The van der Waals surface area contributed by atoms with Crippen molar-refractivity contribution in [3.05, 3.63) is 34.6 Å². The van der Waals surface area contributed by atoms with E-state index < -0.39 is 0 Å². The molecule has 0 fully saturated rings. The number of ether oxygens (including phenoxy) is 1. The first-order chi connectivity index (χ1) is 13.5. The molecule has 4 nitrogen and oxygen atoms in total. The molecule has 28 heavy (non-hydrogen) atoms. The lowest BCUT2D eigenvalue weighted by molar-refractivity contribution is -0.126. The topological polar surface area (TPSA) is 42.7 Å². The van der Waals surface area contributed by atoms with E-state index in [1.54, 1.807) is 13.2 Å². The molecule has 1 heterocycles. The lowest BCUT2D eigenvalue weighted by Gasteiger charge is -2.20. The number of allylic oxidation sites excluding steroid dienone is 1. The molecule has 0 spiro atoms. The van der Waals surface area contributed by atoms with Crippen LogP contribution in [-0.2, 0) is 17.6 Å². The van der Waals surface area contributed by atoms with Gasteiger partial charge in [0.15, 0.2) is 0 Å². The number of methoxy groups -OCH3 is 1. The van der Waals surface area contributed by atoms with E-state index in [1.807, 2.05) is 11.8 Å². The molecule has 2 aromatic rings. The second-order valence-corrected chi connectivity index (χ2v) is 7.82. The summed E-state index contributed by atoms with van der Waals surface area (Å²) in [6.45, 7) is 9.85. The van der Waals surface area contributed by atoms with Gasteiger partial charge in [0, 0.05) is 47.7 Å². The highest BCUT2D eigenvalue weighted by molar-refractivity contribution is 5.98. The summed E-state index contributed by atoms with van der Waals surface area (Å²) in [6, 6.07) is 2.16. The molecule has 0 radical (unpaired) electrons. The zero-order valence-corrected chi connectivity index (χ0v) is 18.0. The van der Waals surface area contributed by atoms with E-state index in [4.69, 9.17) is 9.15 Å². The standard InChI is InChI=1S/C24H33NO3/c1-6-12-25(13-7-2)22(26)14-16(3)19-15-20-18-10-8-9-11-21(18)28-24(20)17(4)23(19)27-5/h14-15H,6-13H2,1-5H3/b16-14+. The van der Waals surface area contributed by atoms with E-state index >= 15 is 0 Å². The predicted molar refractivity (Wildman–Crippen MR) is 115 cm³/mol. The van der Waals surface area contributed by atoms with Gasteiger partial charge in [-0.3, -0.25) is 4.79 Å². The van der Waals surface area contributed by atoms with Crippen molar-refractivity contribution in [2.24, 2.45) is 0 Å². The van der Waals surface area contributed by atoms with Gasteiger partial charge in [0.2, 0.25) is 5.91 Å². The molecule has 152 valence electrons. The van der Waals surface area contributed by atoms with Gasteiger partial charge in [0.05, 0.1) is 7.11 Å². The predicted octanol–water partition coefficient (Wildman–Crippen LogP) is 5.68. The van der Waals surface area contributed by atoms with E-state index in [1.165, 1.54) is 23.8 Å². The first kappa shape index (κ1) is 20.5. The van der Waals surface area contributed by atoms with Crippen LogP contribution in [0, 0.1) is 6.92 Å². The number of rotatable bonds is 7. The molecule has 1 aliphatic rings. The summed E-state index contributed by atoms with van der Waals surface area (Å²) in [6.07, 6.45) is 8.17. The third-order valence-corrected chi connectivity index (χ3v) is 5.69. The third-order valence-electron chi connectivity index (χ3n) is 5.69. The fourth-order valence-electron chi connectivity index (χ4n) is 4.32. The van der Waals surface area contributed by atoms with Crippen LogP contribution >= 0.6 is 0 Å². The zero-order valence-electron chi connectivity index (χ0n) is 18.0. The quantitative estimate of drug-likeness (QED) is 0.578. The van der Waals surface area contributed by atoms with Crippen molar-refractivity contribution < 1.29 is 13.9 Å². The van der Waals surface area contributed by atoms with Gasteiger partial charge in [-0.25, -0.2) is 0 Å². The normalized spacial score (nSPS) is 14.2. The fourth-order valence-corrected chi connectivity index (χ4v) is 4.32. The van der Waals surface area contributed by atoms with Gasteiger partial charge < -0.3 is 14.1 Å². The smallest absolute Gasteiger partial charge is 0.246 e. The lowest BCUT2D eigenvalue weighted by atomic mass is 9.93. The van der Waals surface area contributed by atoms with Crippen molar-refractivity contribution in [1.82, 2.24) is 4.90 Å². The lowest BCUT2D eigenvalue weighted by Crippen LogP contribution is -2.31. The molecule has 1 aromatic heterocycles. The summed E-state index contributed by atoms with van der Waals surface area (Å²) in [5, 5.41) is 1.18. The van der Waals surface area contributed by atoms with E-state index in [-0.39, 0.29) is 5.91 Å². The molecule has 1 aromatic carbocycles. The van der Waals surface area contributed by atoms with Gasteiger partial charge in [-0.05, 0) is 57.6 Å². The minimum absolute atomic E-state index is 0.0789. The van der Waals surface area contributed by atoms with E-state index in [0.29, 0.717) is 0 Å². The highest BCUT2D eigenvalue weighted by Crippen LogP contribution is 2.41. The molecule has 0 atom stereocenters.